The summed E-state index contributed by atoms with van der Waals surface area (Å²) in [7, 11) is -3.87. The van der Waals surface area contributed by atoms with Crippen LogP contribution in [0, 0.1) is 17.8 Å². The Balaban J connectivity index is 1.09. The van der Waals surface area contributed by atoms with Gasteiger partial charge in [-0.2, -0.15) is 0 Å². The van der Waals surface area contributed by atoms with Crippen molar-refractivity contribution in [2.24, 2.45) is 22.9 Å². The number of hydrogen-bond donors (Lipinski definition) is 1. The number of benzene rings is 1. The Labute approximate surface area is 228 Å². The van der Waals surface area contributed by atoms with Crippen molar-refractivity contribution < 1.29 is 27.5 Å². The molecule has 10 nitrogen and oxygen atoms in total. The fraction of sp³-hybridized carbons (Fsp3) is 0.536. The third-order valence-electron chi connectivity index (χ3n) is 8.40. The first-order valence-corrected chi connectivity index (χ1v) is 15.2. The normalized spacial score (nSPS) is 23.6. The molecule has 4 heterocycles. The van der Waals surface area contributed by atoms with E-state index in [1.54, 1.807) is 4.90 Å². The lowest BCUT2D eigenvalue weighted by Crippen LogP contribution is -2.36. The second-order valence-electron chi connectivity index (χ2n) is 11.3. The van der Waals surface area contributed by atoms with Gasteiger partial charge in [-0.15, -0.1) is 0 Å². The molecule has 4 aliphatic rings. The molecule has 1 aliphatic carbocycles. The lowest BCUT2D eigenvalue weighted by molar-refractivity contribution is 0.0497. The van der Waals surface area contributed by atoms with E-state index in [0.717, 1.165) is 50.8 Å². The monoisotopic (exact) mass is 554 g/mol. The Morgan fingerprint density at radius 2 is 1.62 bits per heavy atom. The average molecular weight is 555 g/mol. The first kappa shape index (κ1) is 26.2. The van der Waals surface area contributed by atoms with Crippen molar-refractivity contribution in [3.63, 3.8) is 0 Å². The Hall–Kier alpha value is -3.02. The van der Waals surface area contributed by atoms with Gasteiger partial charge >= 0.3 is 0 Å². The fourth-order valence-electron chi connectivity index (χ4n) is 5.95. The number of carbonyl (C=O) groups is 2. The maximum Gasteiger partial charge on any atom is 0.272 e. The average Bonchev–Trinajstić information content (AvgIpc) is 3.61. The smallest absolute Gasteiger partial charge is 0.272 e. The number of nitrogens with zero attached hydrogens (tertiary/aromatic N) is 3. The van der Waals surface area contributed by atoms with Crippen LogP contribution in [-0.2, 0) is 14.8 Å². The molecule has 208 valence electrons. The Morgan fingerprint density at radius 3 is 2.21 bits per heavy atom. The number of rotatable bonds is 7. The zero-order valence-corrected chi connectivity index (χ0v) is 22.6. The molecule has 2 atom stereocenters. The molecular weight excluding hydrogens is 520 g/mol. The highest BCUT2D eigenvalue weighted by Crippen LogP contribution is 2.42. The Morgan fingerprint density at radius 1 is 0.949 bits per heavy atom. The molecule has 3 saturated heterocycles. The van der Waals surface area contributed by atoms with E-state index in [9.17, 15) is 18.0 Å². The maximum atomic E-state index is 13.6. The van der Waals surface area contributed by atoms with Gasteiger partial charge in [-0.05, 0) is 73.4 Å². The summed E-state index contributed by atoms with van der Waals surface area (Å²) < 4.78 is 34.6. The number of amides is 2. The molecule has 39 heavy (non-hydrogen) atoms. The molecule has 3 aliphatic heterocycles. The zero-order valence-electron chi connectivity index (χ0n) is 21.8. The molecule has 2 N–H and O–H groups in total. The van der Waals surface area contributed by atoms with E-state index in [2.05, 4.69) is 11.1 Å². The molecule has 1 aromatic carbocycles. The zero-order chi connectivity index (χ0) is 27.1. The summed E-state index contributed by atoms with van der Waals surface area (Å²) in [4.78, 5) is 34.1. The van der Waals surface area contributed by atoms with Crippen molar-refractivity contribution in [2.75, 3.05) is 46.0 Å². The van der Waals surface area contributed by atoms with Crippen LogP contribution in [0.5, 0.6) is 5.75 Å². The molecule has 0 spiro atoms. The summed E-state index contributed by atoms with van der Waals surface area (Å²) in [6.07, 6.45) is 5.41. The highest BCUT2D eigenvalue weighted by atomic mass is 32.2. The van der Waals surface area contributed by atoms with Crippen LogP contribution < -0.4 is 9.88 Å². The predicted molar refractivity (Wildman–Crippen MR) is 142 cm³/mol. The SMILES string of the molecule is NS(=O)(=O)c1ccc(C(=O)N2C[C@H]3CN(C(=O)c4cc(OCC5CCOCC5)cc(C5CC5)c4)C[C@@H]3C2)nc1. The van der Waals surface area contributed by atoms with Crippen LogP contribution in [0.2, 0.25) is 0 Å². The summed E-state index contributed by atoms with van der Waals surface area (Å²) in [6.45, 7) is 4.46. The molecule has 11 heteroatoms. The summed E-state index contributed by atoms with van der Waals surface area (Å²) in [5, 5.41) is 5.12. The minimum Gasteiger partial charge on any atom is -0.493 e. The molecule has 4 fully saturated rings. The van der Waals surface area contributed by atoms with Crippen LogP contribution in [0.4, 0.5) is 0 Å². The first-order chi connectivity index (χ1) is 18.7. The summed E-state index contributed by atoms with van der Waals surface area (Å²) in [6, 6.07) is 8.70. The predicted octanol–water partition coefficient (Wildman–Crippen LogP) is 2.26. The maximum absolute atomic E-state index is 13.6. The summed E-state index contributed by atoms with van der Waals surface area (Å²) >= 11 is 0. The Kier molecular flexibility index (Phi) is 7.07. The highest BCUT2D eigenvalue weighted by Gasteiger charge is 2.43. The van der Waals surface area contributed by atoms with Gasteiger partial charge in [0, 0.05) is 63.0 Å². The van der Waals surface area contributed by atoms with Crippen molar-refractivity contribution in [1.82, 2.24) is 14.8 Å². The minimum absolute atomic E-state index is 0.0148. The number of sulfonamides is 1. The van der Waals surface area contributed by atoms with Crippen LogP contribution in [0.25, 0.3) is 0 Å². The van der Waals surface area contributed by atoms with Crippen LogP contribution in [0.3, 0.4) is 0 Å². The highest BCUT2D eigenvalue weighted by molar-refractivity contribution is 7.89. The van der Waals surface area contributed by atoms with Crippen LogP contribution >= 0.6 is 0 Å². The molecule has 6 rings (SSSR count). The standard InChI is InChI=1S/C28H34N4O6S/c29-39(35,36)25-3-4-26(30-12-25)28(34)32-15-22-13-31(14-23(22)16-32)27(33)21-9-20(19-1-2-19)10-24(11-21)38-17-18-5-7-37-8-6-18/h3-4,9-12,18-19,22-23H,1-2,5-8,13-17H2,(H2,29,35,36)/t22-,23-/m1/s1. The first-order valence-electron chi connectivity index (χ1n) is 13.7. The van der Waals surface area contributed by atoms with Gasteiger partial charge in [-0.25, -0.2) is 18.5 Å². The van der Waals surface area contributed by atoms with Crippen LogP contribution in [0.15, 0.2) is 41.4 Å². The van der Waals surface area contributed by atoms with E-state index in [4.69, 9.17) is 14.6 Å². The molecule has 2 amide bonds. The quantitative estimate of drug-likeness (QED) is 0.555. The largest absolute Gasteiger partial charge is 0.493 e. The van der Waals surface area contributed by atoms with Crippen molar-refractivity contribution in [3.8, 4) is 5.75 Å². The van der Waals surface area contributed by atoms with Gasteiger partial charge < -0.3 is 19.3 Å². The van der Waals surface area contributed by atoms with Gasteiger partial charge in [-0.3, -0.25) is 9.59 Å². The van der Waals surface area contributed by atoms with E-state index < -0.39 is 10.0 Å². The summed E-state index contributed by atoms with van der Waals surface area (Å²) in [5.41, 5.74) is 2.04. The molecule has 1 aromatic heterocycles. The van der Waals surface area contributed by atoms with E-state index in [0.29, 0.717) is 50.2 Å². The number of aromatic nitrogens is 1. The van der Waals surface area contributed by atoms with Gasteiger partial charge in [0.15, 0.2) is 0 Å². The van der Waals surface area contributed by atoms with E-state index >= 15 is 0 Å². The van der Waals surface area contributed by atoms with Crippen molar-refractivity contribution in [1.29, 1.82) is 0 Å². The van der Waals surface area contributed by atoms with E-state index in [1.165, 1.54) is 17.7 Å². The number of nitrogens with two attached hydrogens (primary N) is 1. The third-order valence-corrected chi connectivity index (χ3v) is 9.29. The number of primary sulfonamides is 1. The Bertz CT molecular complexity index is 1340. The topological polar surface area (TPSA) is 132 Å². The molecule has 1 saturated carbocycles. The number of likely N-dealkylation sites (tertiary alicyclic amines) is 2. The van der Waals surface area contributed by atoms with E-state index in [1.807, 2.05) is 17.0 Å². The number of fused-ring (bicyclic) bond motifs is 1. The number of hydrogen-bond acceptors (Lipinski definition) is 7. The molecule has 0 bridgehead atoms. The van der Waals surface area contributed by atoms with E-state index in [-0.39, 0.29) is 34.2 Å². The fourth-order valence-corrected chi connectivity index (χ4v) is 6.41. The van der Waals surface area contributed by atoms with Gasteiger partial charge in [0.05, 0.1) is 6.61 Å². The van der Waals surface area contributed by atoms with Crippen LogP contribution in [-0.4, -0.2) is 81.0 Å². The third kappa shape index (κ3) is 5.80. The van der Waals surface area contributed by atoms with Gasteiger partial charge in [0.2, 0.25) is 10.0 Å². The number of ether oxygens (including phenoxy) is 2. The lowest BCUT2D eigenvalue weighted by atomic mass is 10.0. The second-order valence-corrected chi connectivity index (χ2v) is 12.9. The van der Waals surface area contributed by atoms with Crippen LogP contribution in [0.1, 0.15) is 58.0 Å². The van der Waals surface area contributed by atoms with Crippen molar-refractivity contribution in [3.05, 3.63) is 53.3 Å². The van der Waals surface area contributed by atoms with Gasteiger partial charge in [0.25, 0.3) is 11.8 Å². The molecular formula is C28H34N4O6S. The lowest BCUT2D eigenvalue weighted by Gasteiger charge is -2.23. The van der Waals surface area contributed by atoms with Gasteiger partial charge in [-0.1, -0.05) is 0 Å². The van der Waals surface area contributed by atoms with Crippen molar-refractivity contribution in [2.45, 2.75) is 36.5 Å². The van der Waals surface area contributed by atoms with Gasteiger partial charge in [0.1, 0.15) is 16.3 Å². The number of carbonyl (C=O) groups excluding carboxylic acids is 2. The molecule has 2 aromatic rings. The molecule has 0 radical (unpaired) electrons. The summed E-state index contributed by atoms with van der Waals surface area (Å²) in [5.74, 6) is 1.91. The van der Waals surface area contributed by atoms with Crippen molar-refractivity contribution >= 4 is 21.8 Å². The number of pyridine rings is 1. The minimum atomic E-state index is -3.87. The second kappa shape index (κ2) is 10.5. The molecule has 0 unspecified atom stereocenters.